The minimum absolute atomic E-state index is 0.351. The van der Waals surface area contributed by atoms with Crippen LogP contribution in [0.4, 0.5) is 0 Å². The monoisotopic (exact) mass is 195 g/mol. The van der Waals surface area contributed by atoms with E-state index in [1.54, 1.807) is 0 Å². The summed E-state index contributed by atoms with van der Waals surface area (Å²) in [5, 5.41) is 9.48. The number of unbranched alkanes of at least 4 members (excludes halogenated alkanes) is 3. The fourth-order valence-electron chi connectivity index (χ4n) is 1.72. The van der Waals surface area contributed by atoms with Gasteiger partial charge >= 0.3 is 0 Å². The van der Waals surface area contributed by atoms with Crippen molar-refractivity contribution in [1.82, 2.24) is 4.57 Å². The fraction of sp³-hybridized carbons (Fsp3) is 0.667. The summed E-state index contributed by atoms with van der Waals surface area (Å²) in [4.78, 5) is 0. The number of aliphatic hydroxyl groups is 1. The molecule has 14 heavy (non-hydrogen) atoms. The van der Waals surface area contributed by atoms with Crippen LogP contribution in [0.1, 0.15) is 51.3 Å². The Morgan fingerprint density at radius 2 is 2.14 bits per heavy atom. The quantitative estimate of drug-likeness (QED) is 0.693. The second kappa shape index (κ2) is 5.86. The zero-order valence-electron chi connectivity index (χ0n) is 9.24. The van der Waals surface area contributed by atoms with Crippen LogP contribution in [0.15, 0.2) is 18.3 Å². The standard InChI is InChI=1S/C12H21NO/c1-3-4-5-6-9-13-10-7-8-12(13)11(2)14/h7-8,10-11,14H,3-6,9H2,1-2H3. The lowest BCUT2D eigenvalue weighted by Gasteiger charge is -2.10. The molecule has 0 bridgehead atoms. The molecule has 1 heterocycles. The van der Waals surface area contributed by atoms with Gasteiger partial charge in [-0.3, -0.25) is 0 Å². The van der Waals surface area contributed by atoms with E-state index in [0.29, 0.717) is 0 Å². The van der Waals surface area contributed by atoms with Gasteiger partial charge in [-0.05, 0) is 25.5 Å². The Hall–Kier alpha value is -0.760. The van der Waals surface area contributed by atoms with Crippen LogP contribution in [0.5, 0.6) is 0 Å². The summed E-state index contributed by atoms with van der Waals surface area (Å²) in [6.07, 6.45) is 6.78. The number of hydrogen-bond acceptors (Lipinski definition) is 1. The fourth-order valence-corrected chi connectivity index (χ4v) is 1.72. The maximum Gasteiger partial charge on any atom is 0.0911 e. The molecule has 80 valence electrons. The van der Waals surface area contributed by atoms with Gasteiger partial charge in [-0.1, -0.05) is 26.2 Å². The first-order chi connectivity index (χ1) is 6.75. The van der Waals surface area contributed by atoms with Crippen LogP contribution in [0.2, 0.25) is 0 Å². The lowest BCUT2D eigenvalue weighted by Crippen LogP contribution is -2.04. The van der Waals surface area contributed by atoms with Crippen LogP contribution in [0.25, 0.3) is 0 Å². The lowest BCUT2D eigenvalue weighted by molar-refractivity contribution is 0.188. The predicted molar refractivity (Wildman–Crippen MR) is 59.2 cm³/mol. The molecule has 0 radical (unpaired) electrons. The first-order valence-corrected chi connectivity index (χ1v) is 5.58. The molecule has 0 spiro atoms. The van der Waals surface area contributed by atoms with Crippen molar-refractivity contribution in [3.05, 3.63) is 24.0 Å². The summed E-state index contributed by atoms with van der Waals surface area (Å²) >= 11 is 0. The first kappa shape index (κ1) is 11.3. The number of aromatic nitrogens is 1. The van der Waals surface area contributed by atoms with Crippen molar-refractivity contribution in [2.75, 3.05) is 0 Å². The van der Waals surface area contributed by atoms with E-state index in [2.05, 4.69) is 11.5 Å². The third kappa shape index (κ3) is 3.18. The molecular weight excluding hydrogens is 174 g/mol. The number of nitrogens with zero attached hydrogens (tertiary/aromatic N) is 1. The van der Waals surface area contributed by atoms with Gasteiger partial charge in [-0.15, -0.1) is 0 Å². The van der Waals surface area contributed by atoms with Crippen molar-refractivity contribution in [2.24, 2.45) is 0 Å². The highest BCUT2D eigenvalue weighted by molar-refractivity contribution is 5.09. The Kier molecular flexibility index (Phi) is 4.74. The molecule has 1 unspecified atom stereocenters. The number of rotatable bonds is 6. The van der Waals surface area contributed by atoms with Crippen LogP contribution in [0, 0.1) is 0 Å². The molecular formula is C12H21NO. The molecule has 0 saturated heterocycles. The van der Waals surface area contributed by atoms with Crippen LogP contribution < -0.4 is 0 Å². The van der Waals surface area contributed by atoms with Crippen LogP contribution in [-0.2, 0) is 6.54 Å². The van der Waals surface area contributed by atoms with Crippen molar-refractivity contribution in [3.63, 3.8) is 0 Å². The third-order valence-corrected chi connectivity index (χ3v) is 2.55. The molecule has 1 N–H and O–H groups in total. The molecule has 1 aromatic rings. The molecule has 1 aromatic heterocycles. The van der Waals surface area contributed by atoms with Gasteiger partial charge in [0.05, 0.1) is 6.10 Å². The summed E-state index contributed by atoms with van der Waals surface area (Å²) in [6, 6.07) is 3.99. The largest absolute Gasteiger partial charge is 0.387 e. The minimum atomic E-state index is -0.351. The highest BCUT2D eigenvalue weighted by Crippen LogP contribution is 2.14. The van der Waals surface area contributed by atoms with E-state index in [4.69, 9.17) is 0 Å². The van der Waals surface area contributed by atoms with Gasteiger partial charge in [0.25, 0.3) is 0 Å². The molecule has 0 saturated carbocycles. The average molecular weight is 195 g/mol. The predicted octanol–water partition coefficient (Wildman–Crippen LogP) is 3.12. The Labute approximate surface area is 86.6 Å². The summed E-state index contributed by atoms with van der Waals surface area (Å²) in [6.45, 7) is 5.07. The van der Waals surface area contributed by atoms with E-state index in [0.717, 1.165) is 12.2 Å². The second-order valence-corrected chi connectivity index (χ2v) is 3.86. The van der Waals surface area contributed by atoms with Crippen molar-refractivity contribution in [1.29, 1.82) is 0 Å². The van der Waals surface area contributed by atoms with Gasteiger partial charge in [0, 0.05) is 18.4 Å². The Bertz CT molecular complexity index is 253. The smallest absolute Gasteiger partial charge is 0.0911 e. The Morgan fingerprint density at radius 1 is 1.36 bits per heavy atom. The highest BCUT2D eigenvalue weighted by Gasteiger charge is 2.05. The van der Waals surface area contributed by atoms with Gasteiger partial charge in [0.15, 0.2) is 0 Å². The van der Waals surface area contributed by atoms with E-state index in [1.807, 2.05) is 25.3 Å². The molecule has 0 aliphatic heterocycles. The maximum absolute atomic E-state index is 9.48. The van der Waals surface area contributed by atoms with E-state index in [1.165, 1.54) is 25.7 Å². The van der Waals surface area contributed by atoms with E-state index >= 15 is 0 Å². The molecule has 2 heteroatoms. The lowest BCUT2D eigenvalue weighted by atomic mass is 10.2. The zero-order valence-corrected chi connectivity index (χ0v) is 9.24. The molecule has 1 rings (SSSR count). The summed E-state index contributed by atoms with van der Waals surface area (Å²) in [5.41, 5.74) is 1.03. The van der Waals surface area contributed by atoms with E-state index in [-0.39, 0.29) is 6.10 Å². The van der Waals surface area contributed by atoms with Crippen LogP contribution >= 0.6 is 0 Å². The Morgan fingerprint density at radius 3 is 2.79 bits per heavy atom. The first-order valence-electron chi connectivity index (χ1n) is 5.58. The molecule has 0 aliphatic rings. The van der Waals surface area contributed by atoms with Crippen molar-refractivity contribution in [2.45, 2.75) is 52.2 Å². The van der Waals surface area contributed by atoms with E-state index in [9.17, 15) is 5.11 Å². The zero-order chi connectivity index (χ0) is 10.4. The van der Waals surface area contributed by atoms with Gasteiger partial charge in [0.1, 0.15) is 0 Å². The number of aryl methyl sites for hydroxylation is 1. The SMILES string of the molecule is CCCCCCn1cccc1C(C)O. The van der Waals surface area contributed by atoms with Gasteiger partial charge in [-0.2, -0.15) is 0 Å². The topological polar surface area (TPSA) is 25.2 Å². The number of aliphatic hydroxyl groups excluding tert-OH is 1. The van der Waals surface area contributed by atoms with Crippen molar-refractivity contribution < 1.29 is 5.11 Å². The molecule has 1 atom stereocenters. The van der Waals surface area contributed by atoms with Gasteiger partial charge in [-0.25, -0.2) is 0 Å². The number of hydrogen-bond donors (Lipinski definition) is 1. The molecule has 0 aliphatic carbocycles. The maximum atomic E-state index is 9.48. The van der Waals surface area contributed by atoms with Crippen LogP contribution in [-0.4, -0.2) is 9.67 Å². The highest BCUT2D eigenvalue weighted by atomic mass is 16.3. The van der Waals surface area contributed by atoms with Gasteiger partial charge < -0.3 is 9.67 Å². The average Bonchev–Trinajstić information content (AvgIpc) is 2.60. The summed E-state index contributed by atoms with van der Waals surface area (Å²) < 4.78 is 2.15. The summed E-state index contributed by atoms with van der Waals surface area (Å²) in [7, 11) is 0. The minimum Gasteiger partial charge on any atom is -0.387 e. The molecule has 0 amide bonds. The molecule has 0 fully saturated rings. The second-order valence-electron chi connectivity index (χ2n) is 3.86. The molecule has 0 aromatic carbocycles. The van der Waals surface area contributed by atoms with Gasteiger partial charge in [0.2, 0.25) is 0 Å². The third-order valence-electron chi connectivity index (χ3n) is 2.55. The molecule has 2 nitrogen and oxygen atoms in total. The van der Waals surface area contributed by atoms with Crippen molar-refractivity contribution in [3.8, 4) is 0 Å². The van der Waals surface area contributed by atoms with Crippen LogP contribution in [0.3, 0.4) is 0 Å². The normalized spacial score (nSPS) is 13.1. The van der Waals surface area contributed by atoms with E-state index < -0.39 is 0 Å². The Balaban J connectivity index is 2.38. The summed E-state index contributed by atoms with van der Waals surface area (Å²) in [5.74, 6) is 0. The van der Waals surface area contributed by atoms with Crippen molar-refractivity contribution >= 4 is 0 Å².